The lowest BCUT2D eigenvalue weighted by Gasteiger charge is -2.25. The zero-order valence-electron chi connectivity index (χ0n) is 15.6. The average Bonchev–Trinajstić information content (AvgIpc) is 2.93. The third kappa shape index (κ3) is 4.94. The van der Waals surface area contributed by atoms with Gasteiger partial charge in [0, 0.05) is 37.5 Å². The van der Waals surface area contributed by atoms with Gasteiger partial charge in [0.1, 0.15) is 17.5 Å². The van der Waals surface area contributed by atoms with Gasteiger partial charge in [0.15, 0.2) is 9.84 Å². The van der Waals surface area contributed by atoms with Crippen molar-refractivity contribution in [3.05, 3.63) is 36.2 Å². The monoisotopic (exact) mass is 389 g/mol. The normalized spacial score (nSPS) is 18.1. The minimum absolute atomic E-state index is 0.0831. The maximum absolute atomic E-state index is 11.8. The lowest BCUT2D eigenvalue weighted by molar-refractivity contribution is -0.114. The highest BCUT2D eigenvalue weighted by atomic mass is 32.2. The van der Waals surface area contributed by atoms with Crippen LogP contribution in [-0.2, 0) is 14.6 Å². The Morgan fingerprint density at radius 1 is 1.22 bits per heavy atom. The molecule has 1 aliphatic rings. The lowest BCUT2D eigenvalue weighted by Crippen LogP contribution is -2.33. The standard InChI is InChI=1S/C18H23N5O3S/c1-12-19-17(22-15-6-4-5-14(9-15)21-13(2)24)10-18(20-12)23(3)16-7-8-27(25,26)11-16/h4-6,9-10,16H,7-8,11H2,1-3H3,(H,21,24)(H,19,20,22). The van der Waals surface area contributed by atoms with Crippen molar-refractivity contribution in [3.63, 3.8) is 0 Å². The van der Waals surface area contributed by atoms with Gasteiger partial charge in [-0.05, 0) is 31.5 Å². The summed E-state index contributed by atoms with van der Waals surface area (Å²) in [4.78, 5) is 22.0. The first-order chi connectivity index (χ1) is 12.7. The summed E-state index contributed by atoms with van der Waals surface area (Å²) in [6.45, 7) is 3.25. The second kappa shape index (κ2) is 7.51. The van der Waals surface area contributed by atoms with Crippen LogP contribution in [0.25, 0.3) is 0 Å². The molecule has 1 aliphatic heterocycles. The molecule has 1 saturated heterocycles. The van der Waals surface area contributed by atoms with E-state index >= 15 is 0 Å². The molecule has 0 bridgehead atoms. The fourth-order valence-corrected chi connectivity index (χ4v) is 4.86. The first-order valence-electron chi connectivity index (χ1n) is 8.65. The molecule has 1 unspecified atom stereocenters. The van der Waals surface area contributed by atoms with E-state index in [1.807, 2.05) is 30.1 Å². The van der Waals surface area contributed by atoms with Crippen LogP contribution in [0.5, 0.6) is 0 Å². The van der Waals surface area contributed by atoms with Gasteiger partial charge in [-0.2, -0.15) is 0 Å². The SMILES string of the molecule is CC(=O)Nc1cccc(Nc2cc(N(C)C3CCS(=O)(=O)C3)nc(C)n2)c1. The summed E-state index contributed by atoms with van der Waals surface area (Å²) in [6, 6.07) is 9.03. The molecule has 2 aromatic rings. The van der Waals surface area contributed by atoms with Crippen LogP contribution < -0.4 is 15.5 Å². The molecule has 144 valence electrons. The third-order valence-corrected chi connectivity index (χ3v) is 6.15. The summed E-state index contributed by atoms with van der Waals surface area (Å²) in [5, 5.41) is 5.95. The highest BCUT2D eigenvalue weighted by Gasteiger charge is 2.31. The molecular weight excluding hydrogens is 366 g/mol. The zero-order chi connectivity index (χ0) is 19.6. The van der Waals surface area contributed by atoms with Gasteiger partial charge in [-0.15, -0.1) is 0 Å². The number of nitrogens with zero attached hydrogens (tertiary/aromatic N) is 3. The molecule has 2 heterocycles. The van der Waals surface area contributed by atoms with Crippen LogP contribution in [0.15, 0.2) is 30.3 Å². The number of nitrogens with one attached hydrogen (secondary N) is 2. The third-order valence-electron chi connectivity index (χ3n) is 4.40. The number of aromatic nitrogens is 2. The summed E-state index contributed by atoms with van der Waals surface area (Å²) in [5.41, 5.74) is 1.46. The summed E-state index contributed by atoms with van der Waals surface area (Å²) in [5.74, 6) is 2.08. The molecule has 1 fully saturated rings. The number of rotatable bonds is 5. The first-order valence-corrected chi connectivity index (χ1v) is 10.5. The van der Waals surface area contributed by atoms with E-state index in [1.54, 1.807) is 19.1 Å². The number of carbonyl (C=O) groups excluding carboxylic acids is 1. The zero-order valence-corrected chi connectivity index (χ0v) is 16.4. The van der Waals surface area contributed by atoms with Gasteiger partial charge in [-0.25, -0.2) is 18.4 Å². The van der Waals surface area contributed by atoms with Crippen LogP contribution >= 0.6 is 0 Å². The van der Waals surface area contributed by atoms with Crippen molar-refractivity contribution in [3.8, 4) is 0 Å². The van der Waals surface area contributed by atoms with E-state index in [9.17, 15) is 13.2 Å². The van der Waals surface area contributed by atoms with Crippen LogP contribution in [0.4, 0.5) is 23.0 Å². The highest BCUT2D eigenvalue weighted by molar-refractivity contribution is 7.91. The van der Waals surface area contributed by atoms with Crippen LogP contribution in [-0.4, -0.2) is 48.9 Å². The smallest absolute Gasteiger partial charge is 0.221 e. The van der Waals surface area contributed by atoms with Crippen molar-refractivity contribution in [1.29, 1.82) is 0 Å². The fraction of sp³-hybridized carbons (Fsp3) is 0.389. The molecule has 0 spiro atoms. The van der Waals surface area contributed by atoms with Crippen molar-refractivity contribution in [2.24, 2.45) is 0 Å². The molecule has 1 atom stereocenters. The molecule has 0 radical (unpaired) electrons. The number of benzene rings is 1. The highest BCUT2D eigenvalue weighted by Crippen LogP contribution is 2.25. The van der Waals surface area contributed by atoms with Crippen LogP contribution in [0, 0.1) is 6.92 Å². The Morgan fingerprint density at radius 2 is 1.96 bits per heavy atom. The molecule has 9 heteroatoms. The van der Waals surface area contributed by atoms with Gasteiger partial charge in [0.2, 0.25) is 5.91 Å². The Bertz CT molecular complexity index is 961. The fourth-order valence-electron chi connectivity index (χ4n) is 3.09. The van der Waals surface area contributed by atoms with Gasteiger partial charge in [-0.3, -0.25) is 4.79 Å². The molecule has 3 rings (SSSR count). The number of aryl methyl sites for hydroxylation is 1. The van der Waals surface area contributed by atoms with Crippen LogP contribution in [0.2, 0.25) is 0 Å². The number of hydrogen-bond acceptors (Lipinski definition) is 7. The van der Waals surface area contributed by atoms with E-state index in [2.05, 4.69) is 20.6 Å². The molecule has 1 aromatic carbocycles. The van der Waals surface area contributed by atoms with Crippen molar-refractivity contribution in [2.75, 3.05) is 34.1 Å². The van der Waals surface area contributed by atoms with Crippen molar-refractivity contribution < 1.29 is 13.2 Å². The predicted octanol–water partition coefficient (Wildman–Crippen LogP) is 2.11. The second-order valence-corrected chi connectivity index (χ2v) is 8.94. The molecule has 1 amide bonds. The number of sulfone groups is 1. The lowest BCUT2D eigenvalue weighted by atomic mass is 10.2. The predicted molar refractivity (Wildman–Crippen MR) is 106 cm³/mol. The van der Waals surface area contributed by atoms with Crippen molar-refractivity contribution in [1.82, 2.24) is 9.97 Å². The number of hydrogen-bond donors (Lipinski definition) is 2. The summed E-state index contributed by atoms with van der Waals surface area (Å²) >= 11 is 0. The van der Waals surface area contributed by atoms with Crippen LogP contribution in [0.1, 0.15) is 19.2 Å². The minimum Gasteiger partial charge on any atom is -0.355 e. The maximum Gasteiger partial charge on any atom is 0.221 e. The maximum atomic E-state index is 11.8. The quantitative estimate of drug-likeness (QED) is 0.807. The molecular formula is C18H23N5O3S. The molecule has 0 saturated carbocycles. The Morgan fingerprint density at radius 3 is 2.63 bits per heavy atom. The van der Waals surface area contributed by atoms with E-state index < -0.39 is 9.84 Å². The average molecular weight is 389 g/mol. The molecule has 8 nitrogen and oxygen atoms in total. The number of anilines is 4. The van der Waals surface area contributed by atoms with Gasteiger partial charge in [-0.1, -0.05) is 6.07 Å². The number of carbonyl (C=O) groups is 1. The van der Waals surface area contributed by atoms with E-state index in [-0.39, 0.29) is 23.5 Å². The van der Waals surface area contributed by atoms with E-state index in [4.69, 9.17) is 0 Å². The Hall–Kier alpha value is -2.68. The Kier molecular flexibility index (Phi) is 5.31. The van der Waals surface area contributed by atoms with Gasteiger partial charge < -0.3 is 15.5 Å². The van der Waals surface area contributed by atoms with Crippen molar-refractivity contribution in [2.45, 2.75) is 26.3 Å². The summed E-state index contributed by atoms with van der Waals surface area (Å²) in [6.07, 6.45) is 0.601. The molecule has 0 aliphatic carbocycles. The number of amides is 1. The Balaban J connectivity index is 1.80. The van der Waals surface area contributed by atoms with Crippen LogP contribution in [0.3, 0.4) is 0 Å². The molecule has 27 heavy (non-hydrogen) atoms. The largest absolute Gasteiger partial charge is 0.355 e. The van der Waals surface area contributed by atoms with Gasteiger partial charge in [0.05, 0.1) is 11.5 Å². The molecule has 1 aromatic heterocycles. The van der Waals surface area contributed by atoms with Gasteiger partial charge in [0.25, 0.3) is 0 Å². The summed E-state index contributed by atoms with van der Waals surface area (Å²) < 4.78 is 23.5. The minimum atomic E-state index is -2.97. The van der Waals surface area contributed by atoms with Gasteiger partial charge >= 0.3 is 0 Å². The first kappa shape index (κ1) is 19.1. The second-order valence-electron chi connectivity index (χ2n) is 6.71. The van der Waals surface area contributed by atoms with E-state index in [0.717, 1.165) is 5.69 Å². The van der Waals surface area contributed by atoms with Crippen molar-refractivity contribution >= 4 is 38.8 Å². The molecule has 2 N–H and O–H groups in total. The topological polar surface area (TPSA) is 104 Å². The van der Waals surface area contributed by atoms with E-state index in [0.29, 0.717) is 29.6 Å². The Labute approximate surface area is 158 Å². The summed E-state index contributed by atoms with van der Waals surface area (Å²) in [7, 11) is -1.11. The van der Waals surface area contributed by atoms with E-state index in [1.165, 1.54) is 6.92 Å².